The van der Waals surface area contributed by atoms with Gasteiger partial charge in [0.25, 0.3) is 11.8 Å². The molecule has 128 valence electrons. The van der Waals surface area contributed by atoms with Crippen LogP contribution in [-0.2, 0) is 4.79 Å². The van der Waals surface area contributed by atoms with Crippen molar-refractivity contribution in [2.24, 2.45) is 5.92 Å². The molecule has 4 amide bonds. The maximum atomic E-state index is 12.7. The number of pyridine rings is 1. The smallest absolute Gasteiger partial charge is 0.344 e. The lowest BCUT2D eigenvalue weighted by Gasteiger charge is -2.33. The van der Waals surface area contributed by atoms with Crippen LogP contribution in [0.3, 0.4) is 0 Å². The Labute approximate surface area is 139 Å². The third kappa shape index (κ3) is 2.79. The van der Waals surface area contributed by atoms with Gasteiger partial charge in [0.05, 0.1) is 12.7 Å². The number of aromatic nitrogens is 1. The molecule has 1 aliphatic carbocycles. The molecule has 8 heteroatoms. The molecule has 1 saturated heterocycles. The molecule has 0 bridgehead atoms. The van der Waals surface area contributed by atoms with Crippen molar-refractivity contribution in [3.8, 4) is 5.88 Å². The molecule has 2 heterocycles. The van der Waals surface area contributed by atoms with Crippen molar-refractivity contribution >= 4 is 17.8 Å². The second-order valence-electron chi connectivity index (χ2n) is 6.37. The highest BCUT2D eigenvalue weighted by Crippen LogP contribution is 2.35. The fraction of sp³-hybridized carbons (Fsp3) is 0.500. The van der Waals surface area contributed by atoms with Crippen LogP contribution >= 0.6 is 0 Å². The van der Waals surface area contributed by atoms with Crippen LogP contribution < -0.4 is 15.5 Å². The molecule has 0 aromatic carbocycles. The van der Waals surface area contributed by atoms with E-state index < -0.39 is 23.4 Å². The zero-order valence-electron chi connectivity index (χ0n) is 13.7. The van der Waals surface area contributed by atoms with Crippen LogP contribution in [0.5, 0.6) is 5.88 Å². The van der Waals surface area contributed by atoms with Crippen molar-refractivity contribution < 1.29 is 19.1 Å². The molecule has 2 aliphatic rings. The summed E-state index contributed by atoms with van der Waals surface area (Å²) in [5.41, 5.74) is 1.72. The monoisotopic (exact) mass is 332 g/mol. The first-order chi connectivity index (χ1) is 11.4. The van der Waals surface area contributed by atoms with Gasteiger partial charge in [0, 0.05) is 12.3 Å². The summed E-state index contributed by atoms with van der Waals surface area (Å²) in [6.45, 7) is 2.13. The van der Waals surface area contributed by atoms with E-state index in [4.69, 9.17) is 4.74 Å². The van der Waals surface area contributed by atoms with E-state index in [0.29, 0.717) is 24.6 Å². The number of nitrogens with zero attached hydrogens (tertiary/aromatic N) is 2. The third-order valence-electron chi connectivity index (χ3n) is 4.71. The number of hydrogen-bond acceptors (Lipinski definition) is 5. The van der Waals surface area contributed by atoms with Crippen LogP contribution in [0, 0.1) is 5.92 Å². The first kappa shape index (κ1) is 16.2. The highest BCUT2D eigenvalue weighted by Gasteiger charge is 2.52. The molecule has 8 nitrogen and oxygen atoms in total. The van der Waals surface area contributed by atoms with E-state index in [0.717, 1.165) is 17.9 Å². The second kappa shape index (κ2) is 6.10. The SMILES string of the molecule is COc1ccc(C(=O)NN2C(=O)NC3(CCC(C)CC3)C2=O)cn1. The van der Waals surface area contributed by atoms with Gasteiger partial charge in [-0.15, -0.1) is 0 Å². The van der Waals surface area contributed by atoms with E-state index in [-0.39, 0.29) is 5.56 Å². The molecule has 0 radical (unpaired) electrons. The largest absolute Gasteiger partial charge is 0.481 e. The van der Waals surface area contributed by atoms with E-state index in [1.54, 1.807) is 0 Å². The van der Waals surface area contributed by atoms with Crippen LogP contribution in [0.1, 0.15) is 43.0 Å². The maximum absolute atomic E-state index is 12.7. The summed E-state index contributed by atoms with van der Waals surface area (Å²) < 4.78 is 4.93. The van der Waals surface area contributed by atoms with Crippen LogP contribution in [0.4, 0.5) is 4.79 Å². The average molecular weight is 332 g/mol. The normalized spacial score (nSPS) is 26.4. The molecule has 3 rings (SSSR count). The number of amides is 4. The van der Waals surface area contributed by atoms with Crippen molar-refractivity contribution in [3.63, 3.8) is 0 Å². The molecule has 24 heavy (non-hydrogen) atoms. The van der Waals surface area contributed by atoms with Gasteiger partial charge in [0.2, 0.25) is 5.88 Å². The highest BCUT2D eigenvalue weighted by molar-refractivity contribution is 6.09. The van der Waals surface area contributed by atoms with Crippen molar-refractivity contribution in [1.82, 2.24) is 20.7 Å². The topological polar surface area (TPSA) is 101 Å². The number of nitrogens with one attached hydrogen (secondary N) is 2. The van der Waals surface area contributed by atoms with Gasteiger partial charge in [-0.1, -0.05) is 6.92 Å². The summed E-state index contributed by atoms with van der Waals surface area (Å²) in [5.74, 6) is -0.0599. The Morgan fingerprint density at radius 3 is 2.67 bits per heavy atom. The van der Waals surface area contributed by atoms with Crippen molar-refractivity contribution in [2.45, 2.75) is 38.1 Å². The Morgan fingerprint density at radius 2 is 2.08 bits per heavy atom. The minimum absolute atomic E-state index is 0.231. The Balaban J connectivity index is 1.71. The fourth-order valence-corrected chi connectivity index (χ4v) is 3.12. The van der Waals surface area contributed by atoms with Gasteiger partial charge in [-0.2, -0.15) is 5.01 Å². The number of carbonyl (C=O) groups excluding carboxylic acids is 3. The first-order valence-corrected chi connectivity index (χ1v) is 7.93. The average Bonchev–Trinajstić information content (AvgIpc) is 2.82. The molecule has 1 aromatic rings. The van der Waals surface area contributed by atoms with Gasteiger partial charge in [0.1, 0.15) is 5.54 Å². The molecule has 2 N–H and O–H groups in total. The van der Waals surface area contributed by atoms with Gasteiger partial charge in [-0.05, 0) is 37.7 Å². The van der Waals surface area contributed by atoms with E-state index in [1.165, 1.54) is 25.4 Å². The summed E-state index contributed by atoms with van der Waals surface area (Å²) in [4.78, 5) is 41.0. The van der Waals surface area contributed by atoms with Crippen LogP contribution in [0.25, 0.3) is 0 Å². The van der Waals surface area contributed by atoms with E-state index in [1.807, 2.05) is 0 Å². The second-order valence-corrected chi connectivity index (χ2v) is 6.37. The number of carbonyl (C=O) groups is 3. The summed E-state index contributed by atoms with van der Waals surface area (Å²) in [5, 5.41) is 3.53. The quantitative estimate of drug-likeness (QED) is 0.811. The summed E-state index contributed by atoms with van der Waals surface area (Å²) >= 11 is 0. The number of hydrogen-bond donors (Lipinski definition) is 2. The summed E-state index contributed by atoms with van der Waals surface area (Å²) in [6.07, 6.45) is 4.25. The Kier molecular flexibility index (Phi) is 4.13. The highest BCUT2D eigenvalue weighted by atomic mass is 16.5. The van der Waals surface area contributed by atoms with Gasteiger partial charge in [-0.25, -0.2) is 9.78 Å². The molecule has 1 aliphatic heterocycles. The Morgan fingerprint density at radius 1 is 1.38 bits per heavy atom. The van der Waals surface area contributed by atoms with Gasteiger partial charge in [-0.3, -0.25) is 15.0 Å². The van der Waals surface area contributed by atoms with Crippen LogP contribution in [-0.4, -0.2) is 40.5 Å². The lowest BCUT2D eigenvalue weighted by atomic mass is 9.77. The maximum Gasteiger partial charge on any atom is 0.344 e. The van der Waals surface area contributed by atoms with Crippen molar-refractivity contribution in [3.05, 3.63) is 23.9 Å². The molecule has 2 fully saturated rings. The summed E-state index contributed by atoms with van der Waals surface area (Å²) in [7, 11) is 1.47. The molecular weight excluding hydrogens is 312 g/mol. The lowest BCUT2D eigenvalue weighted by Crippen LogP contribution is -2.51. The molecule has 1 saturated carbocycles. The number of methoxy groups -OCH3 is 1. The number of rotatable bonds is 3. The van der Waals surface area contributed by atoms with Gasteiger partial charge < -0.3 is 10.1 Å². The first-order valence-electron chi connectivity index (χ1n) is 7.93. The fourth-order valence-electron chi connectivity index (χ4n) is 3.12. The Hall–Kier alpha value is -2.64. The van der Waals surface area contributed by atoms with Gasteiger partial charge in [0.15, 0.2) is 0 Å². The minimum Gasteiger partial charge on any atom is -0.481 e. The molecule has 0 unspecified atom stereocenters. The van der Waals surface area contributed by atoms with E-state index in [9.17, 15) is 14.4 Å². The Bertz CT molecular complexity index is 665. The predicted octanol–water partition coefficient (Wildman–Crippen LogP) is 1.24. The molecule has 0 atom stereocenters. The predicted molar refractivity (Wildman–Crippen MR) is 84.0 cm³/mol. The third-order valence-corrected chi connectivity index (χ3v) is 4.71. The summed E-state index contributed by atoms with van der Waals surface area (Å²) in [6, 6.07) is 2.45. The zero-order valence-corrected chi connectivity index (χ0v) is 13.7. The lowest BCUT2D eigenvalue weighted by molar-refractivity contribution is -0.134. The molecule has 1 spiro atoms. The number of urea groups is 1. The van der Waals surface area contributed by atoms with Crippen molar-refractivity contribution in [2.75, 3.05) is 7.11 Å². The van der Waals surface area contributed by atoms with Gasteiger partial charge >= 0.3 is 6.03 Å². The minimum atomic E-state index is -0.880. The van der Waals surface area contributed by atoms with Crippen molar-refractivity contribution in [1.29, 1.82) is 0 Å². The van der Waals surface area contributed by atoms with E-state index in [2.05, 4.69) is 22.7 Å². The number of imide groups is 1. The molecule has 1 aromatic heterocycles. The zero-order chi connectivity index (χ0) is 17.3. The standard InChI is InChI=1S/C16H20N4O4/c1-10-5-7-16(8-6-10)14(22)20(15(23)18-16)19-13(21)11-3-4-12(24-2)17-9-11/h3-4,9-10H,5-8H2,1-2H3,(H,18,23)(H,19,21). The molecular formula is C16H20N4O4. The van der Waals surface area contributed by atoms with Crippen LogP contribution in [0.15, 0.2) is 18.3 Å². The van der Waals surface area contributed by atoms with Crippen LogP contribution in [0.2, 0.25) is 0 Å². The number of hydrazine groups is 1. The number of ether oxygens (including phenoxy) is 1. The van der Waals surface area contributed by atoms with E-state index >= 15 is 0 Å².